The van der Waals surface area contributed by atoms with E-state index in [1.54, 1.807) is 0 Å². The average Bonchev–Trinajstić information content (AvgIpc) is 2.42. The van der Waals surface area contributed by atoms with E-state index in [4.69, 9.17) is 5.50 Å². The van der Waals surface area contributed by atoms with Crippen molar-refractivity contribution >= 4 is 7.52 Å². The molecule has 0 saturated heterocycles. The molecule has 2 saturated carbocycles. The normalized spacial score (nSPS) is 47.6. The second kappa shape index (κ2) is 2.09. The van der Waals surface area contributed by atoms with Crippen LogP contribution >= 0.6 is 7.52 Å². The zero-order chi connectivity index (χ0) is 8.11. The highest BCUT2D eigenvalue weighted by atomic mass is 31.2. The number of hydrogen-bond donors (Lipinski definition) is 2. The molecule has 2 fully saturated rings. The fourth-order valence-corrected chi connectivity index (χ4v) is 4.03. The summed E-state index contributed by atoms with van der Waals surface area (Å²) in [6.07, 6.45) is 4.88. The Morgan fingerprint density at radius 3 is 2.18 bits per heavy atom. The Labute approximate surface area is 66.5 Å². The van der Waals surface area contributed by atoms with Gasteiger partial charge in [0, 0.05) is 0 Å². The molecule has 2 aliphatic carbocycles. The molecule has 0 radical (unpaired) electrons. The van der Waals surface area contributed by atoms with Gasteiger partial charge in [-0.2, -0.15) is 0 Å². The Morgan fingerprint density at radius 2 is 2.00 bits per heavy atom. The van der Waals surface area contributed by atoms with Crippen molar-refractivity contribution in [1.82, 2.24) is 0 Å². The molecule has 0 amide bonds. The molecule has 0 heterocycles. The third-order valence-corrected chi connectivity index (χ3v) is 5.37. The molecule has 0 aliphatic heterocycles. The third kappa shape index (κ3) is 0.986. The smallest absolute Gasteiger partial charge is 0.270 e. The number of rotatable bonds is 1. The Morgan fingerprint density at radius 1 is 1.45 bits per heavy atom. The van der Waals surface area contributed by atoms with Crippen LogP contribution in [0.15, 0.2) is 0 Å². The minimum Gasteiger partial charge on any atom is -0.333 e. The van der Waals surface area contributed by atoms with E-state index in [2.05, 4.69) is 0 Å². The van der Waals surface area contributed by atoms with Crippen molar-refractivity contribution in [2.45, 2.75) is 37.3 Å². The predicted octanol–water partition coefficient (Wildman–Crippen LogP) is 1.46. The van der Waals surface area contributed by atoms with Gasteiger partial charge in [0.05, 0.1) is 5.16 Å². The van der Waals surface area contributed by atoms with E-state index in [-0.39, 0.29) is 5.16 Å². The molecular weight excluding hydrogens is 161 g/mol. The van der Waals surface area contributed by atoms with Crippen LogP contribution in [0, 0.1) is 5.92 Å². The van der Waals surface area contributed by atoms with Crippen LogP contribution in [0.2, 0.25) is 0 Å². The van der Waals surface area contributed by atoms with Gasteiger partial charge in [-0.3, -0.25) is 10.1 Å². The van der Waals surface area contributed by atoms with Crippen LogP contribution in [0.5, 0.6) is 0 Å². The molecule has 0 aromatic carbocycles. The van der Waals surface area contributed by atoms with Gasteiger partial charge < -0.3 is 4.89 Å². The number of hydrogen-bond acceptors (Lipinski definition) is 1. The zero-order valence-corrected chi connectivity index (χ0v) is 7.39. The molecule has 0 aromatic rings. The molecule has 11 heavy (non-hydrogen) atoms. The summed E-state index contributed by atoms with van der Waals surface area (Å²) in [5, 5.41) is -0.363. The van der Waals surface area contributed by atoms with Crippen LogP contribution in [0.25, 0.3) is 0 Å². The van der Waals surface area contributed by atoms with Crippen LogP contribution in [-0.2, 0) is 4.57 Å². The summed E-state index contributed by atoms with van der Waals surface area (Å²) in [4.78, 5) is 9.33. The van der Waals surface area contributed by atoms with Crippen molar-refractivity contribution in [3.8, 4) is 0 Å². The van der Waals surface area contributed by atoms with E-state index in [9.17, 15) is 9.46 Å². The molecule has 3 N–H and O–H groups in total. The summed E-state index contributed by atoms with van der Waals surface area (Å²) < 4.78 is 11.3. The van der Waals surface area contributed by atoms with Gasteiger partial charge in [0.2, 0.25) is 0 Å². The first-order valence-electron chi connectivity index (χ1n) is 4.15. The Hall–Kier alpha value is 0.150. The summed E-state index contributed by atoms with van der Waals surface area (Å²) in [5.74, 6) is 0.694. The quantitative estimate of drug-likeness (QED) is 0.593. The zero-order valence-electron chi connectivity index (χ0n) is 6.49. The largest absolute Gasteiger partial charge is 0.333 e. The van der Waals surface area contributed by atoms with Crippen molar-refractivity contribution in [3.63, 3.8) is 0 Å². The maximum absolute atomic E-state index is 11.3. The fraction of sp³-hybridized carbons (Fsp3) is 1.00. The summed E-state index contributed by atoms with van der Waals surface area (Å²) in [5.41, 5.74) is 5.32. The molecule has 64 valence electrons. The van der Waals surface area contributed by atoms with Gasteiger partial charge >= 0.3 is 0 Å². The fourth-order valence-electron chi connectivity index (χ4n) is 2.61. The lowest BCUT2D eigenvalue weighted by Gasteiger charge is -2.28. The van der Waals surface area contributed by atoms with E-state index < -0.39 is 7.52 Å². The second-order valence-electron chi connectivity index (χ2n) is 3.99. The molecular formula is C7H14NO2P. The van der Waals surface area contributed by atoms with Gasteiger partial charge in [-0.25, -0.2) is 0 Å². The highest BCUT2D eigenvalue weighted by Crippen LogP contribution is 2.65. The van der Waals surface area contributed by atoms with E-state index in [0.29, 0.717) is 5.92 Å². The molecule has 0 aromatic heterocycles. The lowest BCUT2D eigenvalue weighted by atomic mass is 10.0. The third-order valence-electron chi connectivity index (χ3n) is 3.38. The molecule has 1 unspecified atom stereocenters. The van der Waals surface area contributed by atoms with Gasteiger partial charge in [0.1, 0.15) is 0 Å². The number of fused-ring (bicyclic) bond motifs is 2. The van der Waals surface area contributed by atoms with Crippen LogP contribution in [0.4, 0.5) is 0 Å². The Bertz CT molecular complexity index is 214. The lowest BCUT2D eigenvalue weighted by Crippen LogP contribution is -2.26. The molecule has 1 atom stereocenters. The molecule has 0 spiro atoms. The Balaban J connectivity index is 2.30. The first kappa shape index (κ1) is 7.78. The first-order chi connectivity index (χ1) is 5.04. The van der Waals surface area contributed by atoms with Crippen LogP contribution in [-0.4, -0.2) is 10.0 Å². The van der Waals surface area contributed by atoms with E-state index >= 15 is 0 Å². The molecule has 2 bridgehead atoms. The second-order valence-corrected chi connectivity index (χ2v) is 6.19. The van der Waals surface area contributed by atoms with Crippen molar-refractivity contribution in [2.24, 2.45) is 11.4 Å². The summed E-state index contributed by atoms with van der Waals surface area (Å²) in [6.45, 7) is 0. The van der Waals surface area contributed by atoms with Crippen molar-refractivity contribution in [2.75, 3.05) is 0 Å². The molecule has 2 aliphatic rings. The first-order valence-corrected chi connectivity index (χ1v) is 5.88. The van der Waals surface area contributed by atoms with Gasteiger partial charge in [-0.15, -0.1) is 0 Å². The maximum atomic E-state index is 11.3. The van der Waals surface area contributed by atoms with Crippen molar-refractivity contribution in [3.05, 3.63) is 0 Å². The minimum absolute atomic E-state index is 0.363. The maximum Gasteiger partial charge on any atom is 0.270 e. The van der Waals surface area contributed by atoms with Crippen LogP contribution in [0.3, 0.4) is 0 Å². The van der Waals surface area contributed by atoms with Crippen molar-refractivity contribution in [1.29, 1.82) is 0 Å². The monoisotopic (exact) mass is 175 g/mol. The summed E-state index contributed by atoms with van der Waals surface area (Å²) in [6, 6.07) is 0. The highest BCUT2D eigenvalue weighted by molar-refractivity contribution is 7.57. The predicted molar refractivity (Wildman–Crippen MR) is 43.3 cm³/mol. The van der Waals surface area contributed by atoms with Gasteiger partial charge in [0.15, 0.2) is 0 Å². The van der Waals surface area contributed by atoms with Gasteiger partial charge in [-0.1, -0.05) is 0 Å². The topological polar surface area (TPSA) is 63.3 Å². The van der Waals surface area contributed by atoms with E-state index in [1.165, 1.54) is 0 Å². The molecule has 3 nitrogen and oxygen atoms in total. The van der Waals surface area contributed by atoms with Crippen LogP contribution < -0.4 is 5.50 Å². The SMILES string of the molecule is NP(=O)(O)C12CCC(CC1)C2. The average molecular weight is 175 g/mol. The van der Waals surface area contributed by atoms with E-state index in [0.717, 1.165) is 32.1 Å². The van der Waals surface area contributed by atoms with Crippen molar-refractivity contribution < 1.29 is 9.46 Å². The standard InChI is InChI=1S/C7H14NO2P/c8-11(9,10)7-3-1-6(5-7)2-4-7/h6H,1-5H2,(H3,8,9,10). The summed E-state index contributed by atoms with van der Waals surface area (Å²) in [7, 11) is -3.30. The summed E-state index contributed by atoms with van der Waals surface area (Å²) >= 11 is 0. The van der Waals surface area contributed by atoms with E-state index in [1.807, 2.05) is 0 Å². The number of nitrogens with two attached hydrogens (primary N) is 1. The van der Waals surface area contributed by atoms with Gasteiger partial charge in [0.25, 0.3) is 7.52 Å². The van der Waals surface area contributed by atoms with Crippen LogP contribution in [0.1, 0.15) is 32.1 Å². The molecule has 2 rings (SSSR count). The van der Waals surface area contributed by atoms with Gasteiger partial charge in [-0.05, 0) is 38.0 Å². The minimum atomic E-state index is -3.30. The highest BCUT2D eigenvalue weighted by Gasteiger charge is 2.54. The lowest BCUT2D eigenvalue weighted by molar-refractivity contribution is 0.410. The Kier molecular flexibility index (Phi) is 1.48. The molecule has 4 heteroatoms.